The molecule has 4 aromatic carbocycles. The van der Waals surface area contributed by atoms with Crippen molar-refractivity contribution in [3.63, 3.8) is 0 Å². The number of rotatable bonds is 12. The van der Waals surface area contributed by atoms with Crippen LogP contribution in [-0.2, 0) is 28.7 Å². The smallest absolute Gasteiger partial charge is 0.424 e. The minimum Gasteiger partial charge on any atom is -0.424 e. The normalized spacial score (nSPS) is 9.89. The lowest BCUT2D eigenvalue weighted by Gasteiger charge is -2.09. The maximum Gasteiger partial charge on any atom is 0.516 e. The summed E-state index contributed by atoms with van der Waals surface area (Å²) in [6.07, 6.45) is 0.985. The monoisotopic (exact) mass is 726 g/mol. The van der Waals surface area contributed by atoms with Crippen LogP contribution in [0, 0.1) is 11.6 Å². The lowest BCUT2D eigenvalue weighted by atomic mass is 10.0. The van der Waals surface area contributed by atoms with E-state index in [1.54, 1.807) is 42.5 Å². The zero-order valence-electron chi connectivity index (χ0n) is 28.5. The summed E-state index contributed by atoms with van der Waals surface area (Å²) in [4.78, 5) is 56.4. The van der Waals surface area contributed by atoms with Gasteiger partial charge < -0.3 is 28.4 Å². The van der Waals surface area contributed by atoms with Crippen LogP contribution in [-0.4, -0.2) is 36.8 Å². The number of carbonyl (C=O) groups excluding carboxylic acids is 5. The van der Waals surface area contributed by atoms with E-state index in [2.05, 4.69) is 35.8 Å². The van der Waals surface area contributed by atoms with Crippen molar-refractivity contribution < 1.29 is 61.2 Å². The summed E-state index contributed by atoms with van der Waals surface area (Å²) in [5, 5.41) is 0. The molecule has 0 N–H and O–H groups in total. The number of hydrogen-bond acceptors (Lipinski definition) is 11. The fraction of sp³-hybridized carbons (Fsp3) is 0.0750. The maximum atomic E-state index is 14.2. The van der Waals surface area contributed by atoms with E-state index in [9.17, 15) is 32.8 Å². The number of ether oxygens (including phenoxy) is 6. The molecule has 0 atom stereocenters. The Labute approximate surface area is 303 Å². The van der Waals surface area contributed by atoms with Crippen molar-refractivity contribution >= 4 is 30.0 Å². The third kappa shape index (κ3) is 12.6. The molecule has 0 aromatic heterocycles. The second kappa shape index (κ2) is 19.3. The summed E-state index contributed by atoms with van der Waals surface area (Å²) in [5.41, 5.74) is 2.38. The molecular weight excluding hydrogens is 694 g/mol. The first kappa shape index (κ1) is 40.3. The summed E-state index contributed by atoms with van der Waals surface area (Å²) >= 11 is 0. The van der Waals surface area contributed by atoms with Crippen molar-refractivity contribution in [1.29, 1.82) is 0 Å². The van der Waals surface area contributed by atoms with E-state index >= 15 is 0 Å². The Bertz CT molecular complexity index is 2050. The molecule has 0 bridgehead atoms. The molecule has 272 valence electrons. The minimum atomic E-state index is -1.06. The van der Waals surface area contributed by atoms with Gasteiger partial charge in [-0.3, -0.25) is 0 Å². The Balaban J connectivity index is 0.000000295. The van der Waals surface area contributed by atoms with E-state index in [1.807, 2.05) is 0 Å². The number of benzene rings is 4. The zero-order valence-corrected chi connectivity index (χ0v) is 28.5. The lowest BCUT2D eigenvalue weighted by Crippen LogP contribution is -2.15. The largest absolute Gasteiger partial charge is 0.516 e. The van der Waals surface area contributed by atoms with Crippen molar-refractivity contribution in [2.75, 3.05) is 6.79 Å². The predicted molar refractivity (Wildman–Crippen MR) is 189 cm³/mol. The van der Waals surface area contributed by atoms with Crippen molar-refractivity contribution in [3.8, 4) is 45.3 Å². The van der Waals surface area contributed by atoms with Gasteiger partial charge >= 0.3 is 30.0 Å². The van der Waals surface area contributed by atoms with Crippen LogP contribution in [0.15, 0.2) is 135 Å². The molecule has 0 aliphatic rings. The molecule has 0 aliphatic heterocycles. The van der Waals surface area contributed by atoms with Crippen molar-refractivity contribution in [2.45, 2.75) is 13.8 Å². The lowest BCUT2D eigenvalue weighted by molar-refractivity contribution is -0.147. The molecule has 4 rings (SSSR count). The van der Waals surface area contributed by atoms with Crippen LogP contribution in [0.2, 0.25) is 0 Å². The van der Waals surface area contributed by atoms with Crippen LogP contribution in [0.25, 0.3) is 22.3 Å². The Morgan fingerprint density at radius 1 is 0.566 bits per heavy atom. The van der Waals surface area contributed by atoms with Gasteiger partial charge in [-0.05, 0) is 79.1 Å². The molecule has 0 aliphatic carbocycles. The van der Waals surface area contributed by atoms with Gasteiger partial charge in [0.1, 0.15) is 23.1 Å². The van der Waals surface area contributed by atoms with Crippen molar-refractivity contribution in [1.82, 2.24) is 0 Å². The third-order valence-corrected chi connectivity index (χ3v) is 6.46. The van der Waals surface area contributed by atoms with Gasteiger partial charge in [0, 0.05) is 34.9 Å². The quantitative estimate of drug-likeness (QED) is 0.0458. The van der Waals surface area contributed by atoms with Crippen LogP contribution >= 0.6 is 0 Å². The highest BCUT2D eigenvalue weighted by Gasteiger charge is 2.13. The molecular formula is C40H32F2O11. The van der Waals surface area contributed by atoms with Crippen LogP contribution in [0.3, 0.4) is 0 Å². The van der Waals surface area contributed by atoms with Gasteiger partial charge in [-0.15, -0.1) is 0 Å². The van der Waals surface area contributed by atoms with Crippen LogP contribution < -0.4 is 18.9 Å². The Kier molecular flexibility index (Phi) is 14.7. The van der Waals surface area contributed by atoms with E-state index in [-0.39, 0.29) is 28.4 Å². The standard InChI is InChI=1S/C22H19FO7.C18H13FO4/c1-13(2)20(24)27-12-28-22(26)29-17-8-5-15(6-9-17)16-7-10-19(18(23)11-16)30-21(25)14(3)4;1-3-17(20)22-13-7-5-12(6-8-13)15-10-9-14(11-16(15)19)23-18(21)4-2/h5-11H,1,3,12H2,2,4H3;3-11H,1-2H2. The third-order valence-electron chi connectivity index (χ3n) is 6.46. The summed E-state index contributed by atoms with van der Waals surface area (Å²) in [6.45, 7) is 15.7. The second-order valence-electron chi connectivity index (χ2n) is 10.6. The van der Waals surface area contributed by atoms with Gasteiger partial charge in [0.2, 0.25) is 6.79 Å². The van der Waals surface area contributed by atoms with Gasteiger partial charge in [-0.25, -0.2) is 32.8 Å². The average Bonchev–Trinajstić information content (AvgIpc) is 3.13. The van der Waals surface area contributed by atoms with E-state index in [1.165, 1.54) is 50.2 Å². The molecule has 0 unspecified atom stereocenters. The fourth-order valence-electron chi connectivity index (χ4n) is 3.86. The summed E-state index contributed by atoms with van der Waals surface area (Å²) in [5.74, 6) is -3.52. The maximum absolute atomic E-state index is 14.2. The van der Waals surface area contributed by atoms with E-state index < -0.39 is 48.5 Å². The molecule has 53 heavy (non-hydrogen) atoms. The van der Waals surface area contributed by atoms with Gasteiger partial charge in [0.15, 0.2) is 11.6 Å². The summed E-state index contributed by atoms with van der Waals surface area (Å²) in [6, 6.07) is 20.6. The molecule has 4 aromatic rings. The van der Waals surface area contributed by atoms with Crippen molar-refractivity contribution in [2.24, 2.45) is 0 Å². The first-order valence-corrected chi connectivity index (χ1v) is 15.2. The number of halogens is 2. The van der Waals surface area contributed by atoms with E-state index in [0.717, 1.165) is 18.2 Å². The highest BCUT2D eigenvalue weighted by Crippen LogP contribution is 2.29. The van der Waals surface area contributed by atoms with E-state index in [4.69, 9.17) is 18.9 Å². The first-order valence-electron chi connectivity index (χ1n) is 15.2. The van der Waals surface area contributed by atoms with E-state index in [0.29, 0.717) is 28.0 Å². The minimum absolute atomic E-state index is 0.0904. The van der Waals surface area contributed by atoms with Gasteiger partial charge in [-0.1, -0.05) is 56.6 Å². The topological polar surface area (TPSA) is 141 Å². The Morgan fingerprint density at radius 3 is 1.60 bits per heavy atom. The van der Waals surface area contributed by atoms with Crippen LogP contribution in [0.4, 0.5) is 13.6 Å². The van der Waals surface area contributed by atoms with Gasteiger partial charge in [-0.2, -0.15) is 0 Å². The molecule has 0 radical (unpaired) electrons. The molecule has 0 saturated carbocycles. The molecule has 0 spiro atoms. The summed E-state index contributed by atoms with van der Waals surface area (Å²) in [7, 11) is 0. The van der Waals surface area contributed by atoms with Crippen LogP contribution in [0.1, 0.15) is 13.8 Å². The molecule has 0 amide bonds. The predicted octanol–water partition coefficient (Wildman–Crippen LogP) is 8.24. The van der Waals surface area contributed by atoms with Gasteiger partial charge in [0.25, 0.3) is 0 Å². The molecule has 11 nitrogen and oxygen atoms in total. The second-order valence-corrected chi connectivity index (χ2v) is 10.6. The number of carbonyl (C=O) groups is 5. The fourth-order valence-corrected chi connectivity index (χ4v) is 3.86. The number of hydrogen-bond donors (Lipinski definition) is 0. The highest BCUT2D eigenvalue weighted by atomic mass is 19.1. The average molecular weight is 727 g/mol. The Hall–Kier alpha value is -7.15. The molecule has 0 heterocycles. The van der Waals surface area contributed by atoms with Gasteiger partial charge in [0.05, 0.1) is 0 Å². The highest BCUT2D eigenvalue weighted by molar-refractivity contribution is 5.89. The molecule has 0 fully saturated rings. The first-order chi connectivity index (χ1) is 25.2. The van der Waals surface area contributed by atoms with Crippen LogP contribution in [0.5, 0.6) is 23.0 Å². The summed E-state index contributed by atoms with van der Waals surface area (Å²) < 4.78 is 57.2. The number of esters is 4. The zero-order chi connectivity index (χ0) is 39.1. The van der Waals surface area contributed by atoms with Crippen molar-refractivity contribution in [3.05, 3.63) is 146 Å². The Morgan fingerprint density at radius 2 is 1.08 bits per heavy atom. The molecule has 0 saturated heterocycles. The SMILES string of the molecule is C=C(C)C(=O)OCOC(=O)Oc1ccc(-c2ccc(OC(=O)C(=C)C)c(F)c2)cc1.C=CC(=O)Oc1ccc(-c2ccc(OC(=O)C=C)cc2F)cc1. The molecule has 13 heteroatoms.